The number of aryl methyl sites for hydroxylation is 1. The zero-order valence-corrected chi connectivity index (χ0v) is 14.1. The molecule has 25 heavy (non-hydrogen) atoms. The van der Waals surface area contributed by atoms with E-state index in [-0.39, 0.29) is 0 Å². The molecule has 3 rings (SSSR count). The minimum absolute atomic E-state index is 0.413. The summed E-state index contributed by atoms with van der Waals surface area (Å²) >= 11 is 1.28. The number of thiazole rings is 1. The highest BCUT2D eigenvalue weighted by molar-refractivity contribution is 7.14. The fourth-order valence-corrected chi connectivity index (χ4v) is 2.90. The lowest BCUT2D eigenvalue weighted by Crippen LogP contribution is -2.23. The monoisotopic (exact) mass is 357 g/mol. The maximum Gasteiger partial charge on any atom is 0.405 e. The van der Waals surface area contributed by atoms with Crippen LogP contribution in [0.2, 0.25) is 0 Å². The van der Waals surface area contributed by atoms with E-state index < -0.39 is 18.6 Å². The number of nitrogens with two attached hydrogens (primary N) is 1. The van der Waals surface area contributed by atoms with Gasteiger partial charge in [0.25, 0.3) is 5.91 Å². The molecule has 128 valence electrons. The van der Waals surface area contributed by atoms with E-state index in [2.05, 4.69) is 20.1 Å². The van der Waals surface area contributed by atoms with Crippen LogP contribution in [0.3, 0.4) is 0 Å². The van der Waals surface area contributed by atoms with Gasteiger partial charge in [0.15, 0.2) is 11.7 Å². The minimum Gasteiger partial charge on any atom is -0.440 e. The normalized spacial score (nSPS) is 10.4. The third-order valence-corrected chi connectivity index (χ3v) is 4.02. The summed E-state index contributed by atoms with van der Waals surface area (Å²) < 4.78 is 6.17. The lowest BCUT2D eigenvalue weighted by molar-refractivity contribution is -0.118. The van der Waals surface area contributed by atoms with Crippen molar-refractivity contribution >= 4 is 28.5 Å². The van der Waals surface area contributed by atoms with E-state index in [1.54, 1.807) is 4.68 Å². The first-order chi connectivity index (χ1) is 12.0. The average molecular weight is 357 g/mol. The van der Waals surface area contributed by atoms with Crippen molar-refractivity contribution in [3.63, 3.8) is 0 Å². The topological polar surface area (TPSA) is 112 Å². The SMILES string of the molecule is Cn1ccc(-c2cccc(-c3csc(NC(=O)COC(N)=O)n3)c2)n1. The third kappa shape index (κ3) is 4.21. The maximum atomic E-state index is 11.6. The van der Waals surface area contributed by atoms with Crippen LogP contribution in [0.1, 0.15) is 0 Å². The Bertz CT molecular complexity index is 918. The van der Waals surface area contributed by atoms with Crippen molar-refractivity contribution in [1.29, 1.82) is 0 Å². The molecule has 2 aromatic heterocycles. The molecule has 9 heteroatoms. The number of benzene rings is 1. The highest BCUT2D eigenvalue weighted by Crippen LogP contribution is 2.28. The number of rotatable bonds is 5. The first-order valence-corrected chi connectivity index (χ1v) is 8.17. The Labute approximate surface area is 147 Å². The zero-order chi connectivity index (χ0) is 17.8. The molecular weight excluding hydrogens is 342 g/mol. The number of anilines is 1. The minimum atomic E-state index is -0.999. The van der Waals surface area contributed by atoms with Gasteiger partial charge in [0, 0.05) is 29.8 Å². The van der Waals surface area contributed by atoms with Gasteiger partial charge in [-0.15, -0.1) is 11.3 Å². The van der Waals surface area contributed by atoms with Crippen LogP contribution in [0.4, 0.5) is 9.93 Å². The number of amides is 2. The van der Waals surface area contributed by atoms with Crippen molar-refractivity contribution in [2.45, 2.75) is 0 Å². The van der Waals surface area contributed by atoms with Crippen LogP contribution in [0, 0.1) is 0 Å². The van der Waals surface area contributed by atoms with Crippen LogP contribution in [-0.2, 0) is 16.6 Å². The largest absolute Gasteiger partial charge is 0.440 e. The van der Waals surface area contributed by atoms with E-state index >= 15 is 0 Å². The van der Waals surface area contributed by atoms with Crippen LogP contribution in [0.25, 0.3) is 22.5 Å². The van der Waals surface area contributed by atoms with E-state index in [4.69, 9.17) is 5.73 Å². The Morgan fingerprint density at radius 2 is 2.04 bits per heavy atom. The number of ether oxygens (including phenoxy) is 1. The summed E-state index contributed by atoms with van der Waals surface area (Å²) in [6.45, 7) is -0.445. The summed E-state index contributed by atoms with van der Waals surface area (Å²) in [5, 5.41) is 9.19. The first-order valence-electron chi connectivity index (χ1n) is 7.29. The van der Waals surface area contributed by atoms with Crippen molar-refractivity contribution in [3.05, 3.63) is 41.9 Å². The van der Waals surface area contributed by atoms with E-state index in [0.717, 1.165) is 22.5 Å². The van der Waals surface area contributed by atoms with Crippen LogP contribution < -0.4 is 11.1 Å². The van der Waals surface area contributed by atoms with E-state index in [9.17, 15) is 9.59 Å². The molecular formula is C16H15N5O3S. The summed E-state index contributed by atoms with van der Waals surface area (Å²) in [6.07, 6.45) is 0.883. The van der Waals surface area contributed by atoms with Crippen LogP contribution in [0.15, 0.2) is 41.9 Å². The van der Waals surface area contributed by atoms with Crippen molar-refractivity contribution < 1.29 is 14.3 Å². The van der Waals surface area contributed by atoms with Gasteiger partial charge in [-0.1, -0.05) is 18.2 Å². The second-order valence-corrected chi connectivity index (χ2v) is 6.01. The predicted octanol–water partition coefficient (Wildman–Crippen LogP) is 2.24. The van der Waals surface area contributed by atoms with E-state index in [1.165, 1.54) is 11.3 Å². The Balaban J connectivity index is 1.74. The van der Waals surface area contributed by atoms with Crippen molar-refractivity contribution in [2.75, 3.05) is 11.9 Å². The number of aromatic nitrogens is 3. The smallest absolute Gasteiger partial charge is 0.405 e. The molecule has 2 heterocycles. The van der Waals surface area contributed by atoms with Crippen LogP contribution >= 0.6 is 11.3 Å². The van der Waals surface area contributed by atoms with Crippen molar-refractivity contribution in [2.24, 2.45) is 12.8 Å². The average Bonchev–Trinajstić information content (AvgIpc) is 3.22. The van der Waals surface area contributed by atoms with Gasteiger partial charge in [-0.25, -0.2) is 9.78 Å². The molecule has 0 fully saturated rings. The van der Waals surface area contributed by atoms with Gasteiger partial charge in [-0.3, -0.25) is 14.8 Å². The highest BCUT2D eigenvalue weighted by Gasteiger charge is 2.10. The summed E-state index contributed by atoms with van der Waals surface area (Å²) in [5.74, 6) is -0.498. The molecule has 1 aromatic carbocycles. The molecule has 0 radical (unpaired) electrons. The Morgan fingerprint density at radius 3 is 2.72 bits per heavy atom. The fourth-order valence-electron chi connectivity index (χ4n) is 2.16. The lowest BCUT2D eigenvalue weighted by Gasteiger charge is -2.02. The molecule has 0 saturated carbocycles. The van der Waals surface area contributed by atoms with Crippen LogP contribution in [-0.4, -0.2) is 33.4 Å². The van der Waals surface area contributed by atoms with Gasteiger partial charge < -0.3 is 10.5 Å². The number of nitrogens with zero attached hydrogens (tertiary/aromatic N) is 3. The highest BCUT2D eigenvalue weighted by atomic mass is 32.1. The zero-order valence-electron chi connectivity index (χ0n) is 13.3. The Morgan fingerprint density at radius 1 is 1.28 bits per heavy atom. The molecule has 3 N–H and O–H groups in total. The third-order valence-electron chi connectivity index (χ3n) is 3.26. The Hall–Kier alpha value is -3.20. The predicted molar refractivity (Wildman–Crippen MR) is 93.9 cm³/mol. The second kappa shape index (κ2) is 7.14. The molecule has 0 spiro atoms. The second-order valence-electron chi connectivity index (χ2n) is 5.15. The number of carbonyl (C=O) groups is 2. The molecule has 0 aliphatic heterocycles. The number of hydrogen-bond donors (Lipinski definition) is 2. The molecule has 0 aliphatic rings. The molecule has 2 amide bonds. The molecule has 0 atom stereocenters. The van der Waals surface area contributed by atoms with E-state index in [0.29, 0.717) is 5.13 Å². The Kier molecular flexibility index (Phi) is 4.75. The number of nitrogens with one attached hydrogen (secondary N) is 1. The van der Waals surface area contributed by atoms with E-state index in [1.807, 2.05) is 49.0 Å². The van der Waals surface area contributed by atoms with Gasteiger partial charge >= 0.3 is 6.09 Å². The van der Waals surface area contributed by atoms with Gasteiger partial charge in [0.1, 0.15) is 0 Å². The van der Waals surface area contributed by atoms with Gasteiger partial charge in [-0.05, 0) is 12.1 Å². The molecule has 3 aromatic rings. The number of carbonyl (C=O) groups excluding carboxylic acids is 2. The summed E-state index contributed by atoms with van der Waals surface area (Å²) in [4.78, 5) is 26.5. The standard InChI is InChI=1S/C16H15N5O3S/c1-21-6-5-12(20-21)10-3-2-4-11(7-10)13-9-25-16(18-13)19-14(22)8-24-15(17)23/h2-7,9H,8H2,1H3,(H2,17,23)(H,18,19,22). The molecule has 0 unspecified atom stereocenters. The maximum absolute atomic E-state index is 11.6. The van der Waals surface area contributed by atoms with Gasteiger partial charge in [-0.2, -0.15) is 5.10 Å². The molecule has 8 nitrogen and oxygen atoms in total. The summed E-state index contributed by atoms with van der Waals surface area (Å²) in [6, 6.07) is 9.76. The van der Waals surface area contributed by atoms with Gasteiger partial charge in [0.2, 0.25) is 0 Å². The first kappa shape index (κ1) is 16.7. The van der Waals surface area contributed by atoms with Crippen molar-refractivity contribution in [3.8, 4) is 22.5 Å². The number of hydrogen-bond acceptors (Lipinski definition) is 6. The molecule has 0 aliphatic carbocycles. The quantitative estimate of drug-likeness (QED) is 0.727. The summed E-state index contributed by atoms with van der Waals surface area (Å²) in [5.41, 5.74) is 8.31. The summed E-state index contributed by atoms with van der Waals surface area (Å²) in [7, 11) is 1.87. The molecule has 0 bridgehead atoms. The fraction of sp³-hybridized carbons (Fsp3) is 0.125. The van der Waals surface area contributed by atoms with Crippen molar-refractivity contribution in [1.82, 2.24) is 14.8 Å². The van der Waals surface area contributed by atoms with Crippen LogP contribution in [0.5, 0.6) is 0 Å². The molecule has 0 saturated heterocycles. The number of primary amides is 1. The lowest BCUT2D eigenvalue weighted by atomic mass is 10.1. The van der Waals surface area contributed by atoms with Gasteiger partial charge in [0.05, 0.1) is 11.4 Å².